The molecule has 1 N–H and O–H groups in total. The van der Waals surface area contributed by atoms with Crippen LogP contribution in [0.25, 0.3) is 0 Å². The molecule has 0 unspecified atom stereocenters. The van der Waals surface area contributed by atoms with E-state index in [4.69, 9.17) is 5.26 Å². The first-order valence-corrected chi connectivity index (χ1v) is 6.89. The van der Waals surface area contributed by atoms with E-state index in [0.29, 0.717) is 17.6 Å². The van der Waals surface area contributed by atoms with Crippen molar-refractivity contribution in [3.05, 3.63) is 33.8 Å². The molecule has 0 radical (unpaired) electrons. The SMILES string of the molecule is Cl.Cl.N#CC[C@@H](c1c(F)cc(Br)cc1F)N1CCNCC1. The number of halogens is 5. The highest BCUT2D eigenvalue weighted by molar-refractivity contribution is 9.10. The van der Waals surface area contributed by atoms with Crippen LogP contribution in [0.15, 0.2) is 16.6 Å². The zero-order valence-corrected chi connectivity index (χ0v) is 14.3. The van der Waals surface area contributed by atoms with Crippen LogP contribution in [0.2, 0.25) is 0 Å². The number of hydrogen-bond acceptors (Lipinski definition) is 3. The van der Waals surface area contributed by atoms with Crippen molar-refractivity contribution >= 4 is 40.7 Å². The van der Waals surface area contributed by atoms with Crippen LogP contribution in [0.4, 0.5) is 8.78 Å². The number of benzene rings is 1. The van der Waals surface area contributed by atoms with Gasteiger partial charge in [0.15, 0.2) is 0 Å². The summed E-state index contributed by atoms with van der Waals surface area (Å²) in [4.78, 5) is 1.95. The highest BCUT2D eigenvalue weighted by atomic mass is 79.9. The van der Waals surface area contributed by atoms with E-state index < -0.39 is 17.7 Å². The summed E-state index contributed by atoms with van der Waals surface area (Å²) in [5.74, 6) is -1.21. The molecule has 0 aromatic heterocycles. The molecule has 0 amide bonds. The molecule has 3 nitrogen and oxygen atoms in total. The summed E-state index contributed by atoms with van der Waals surface area (Å²) >= 11 is 3.06. The first kappa shape index (κ1) is 20.6. The molecule has 0 spiro atoms. The molecule has 1 fully saturated rings. The number of nitrogens with one attached hydrogen (secondary N) is 1. The molecule has 1 aliphatic heterocycles. The van der Waals surface area contributed by atoms with E-state index in [-0.39, 0.29) is 36.8 Å². The molecule has 1 saturated heterocycles. The average Bonchev–Trinajstić information content (AvgIpc) is 2.37. The molecule has 0 aliphatic carbocycles. The molecule has 8 heteroatoms. The van der Waals surface area contributed by atoms with Crippen molar-refractivity contribution in [1.29, 1.82) is 5.26 Å². The number of hydrogen-bond donors (Lipinski definition) is 1. The summed E-state index contributed by atoms with van der Waals surface area (Å²) in [6.45, 7) is 2.89. The monoisotopic (exact) mass is 401 g/mol. The Kier molecular flexibility index (Phi) is 9.34. The van der Waals surface area contributed by atoms with Gasteiger partial charge in [0.05, 0.1) is 18.5 Å². The molecule has 1 heterocycles. The van der Waals surface area contributed by atoms with Crippen LogP contribution in [0, 0.1) is 23.0 Å². The molecule has 0 saturated carbocycles. The predicted octanol–water partition coefficient (Wildman–Crippen LogP) is 3.43. The maximum absolute atomic E-state index is 14.0. The number of rotatable bonds is 3. The second-order valence-corrected chi connectivity index (χ2v) is 5.36. The van der Waals surface area contributed by atoms with E-state index in [1.54, 1.807) is 0 Å². The third-order valence-electron chi connectivity index (χ3n) is 3.25. The Labute approximate surface area is 143 Å². The first-order chi connectivity index (χ1) is 9.13. The Morgan fingerprint density at radius 2 is 1.76 bits per heavy atom. The van der Waals surface area contributed by atoms with E-state index >= 15 is 0 Å². The molecular formula is C13H16BrCl2F2N3. The fraction of sp³-hybridized carbons (Fsp3) is 0.462. The number of nitriles is 1. The van der Waals surface area contributed by atoms with E-state index in [1.807, 2.05) is 11.0 Å². The minimum Gasteiger partial charge on any atom is -0.314 e. The summed E-state index contributed by atoms with van der Waals surface area (Å²) in [5, 5.41) is 12.1. The maximum Gasteiger partial charge on any atom is 0.132 e. The Bertz CT molecular complexity index is 482. The average molecular weight is 403 g/mol. The van der Waals surface area contributed by atoms with Crippen LogP contribution < -0.4 is 5.32 Å². The predicted molar refractivity (Wildman–Crippen MR) is 86.0 cm³/mol. The quantitative estimate of drug-likeness (QED) is 0.841. The lowest BCUT2D eigenvalue weighted by Crippen LogP contribution is -2.45. The summed E-state index contributed by atoms with van der Waals surface area (Å²) in [7, 11) is 0. The van der Waals surface area contributed by atoms with Gasteiger partial charge in [-0.15, -0.1) is 24.8 Å². The minimum atomic E-state index is -0.606. The normalized spacial score (nSPS) is 16.3. The van der Waals surface area contributed by atoms with Crippen LogP contribution in [0.5, 0.6) is 0 Å². The Hall–Kier alpha value is -0.450. The van der Waals surface area contributed by atoms with Crippen molar-refractivity contribution in [1.82, 2.24) is 10.2 Å². The van der Waals surface area contributed by atoms with Crippen LogP contribution in [-0.2, 0) is 0 Å². The second-order valence-electron chi connectivity index (χ2n) is 4.45. The summed E-state index contributed by atoms with van der Waals surface area (Å²) < 4.78 is 28.4. The highest BCUT2D eigenvalue weighted by Gasteiger charge is 2.27. The van der Waals surface area contributed by atoms with Gasteiger partial charge >= 0.3 is 0 Å². The van der Waals surface area contributed by atoms with Gasteiger partial charge in [0.2, 0.25) is 0 Å². The van der Waals surface area contributed by atoms with Crippen molar-refractivity contribution in [2.24, 2.45) is 0 Å². The zero-order valence-electron chi connectivity index (χ0n) is 11.1. The molecule has 1 aliphatic rings. The first-order valence-electron chi connectivity index (χ1n) is 6.09. The largest absolute Gasteiger partial charge is 0.314 e. The lowest BCUT2D eigenvalue weighted by Gasteiger charge is -2.34. The van der Waals surface area contributed by atoms with Crippen molar-refractivity contribution in [2.75, 3.05) is 26.2 Å². The Balaban J connectivity index is 0.00000200. The van der Waals surface area contributed by atoms with Gasteiger partial charge in [-0.25, -0.2) is 8.78 Å². The smallest absolute Gasteiger partial charge is 0.132 e. The van der Waals surface area contributed by atoms with Crippen LogP contribution >= 0.6 is 40.7 Å². The van der Waals surface area contributed by atoms with E-state index in [9.17, 15) is 8.78 Å². The summed E-state index contributed by atoms with van der Waals surface area (Å²) in [6, 6.07) is 3.98. The van der Waals surface area contributed by atoms with Gasteiger partial charge in [-0.05, 0) is 12.1 Å². The molecule has 21 heavy (non-hydrogen) atoms. The lowest BCUT2D eigenvalue weighted by atomic mass is 10.0. The zero-order chi connectivity index (χ0) is 13.8. The van der Waals surface area contributed by atoms with Gasteiger partial charge in [-0.3, -0.25) is 4.90 Å². The van der Waals surface area contributed by atoms with Crippen LogP contribution in [0.3, 0.4) is 0 Å². The fourth-order valence-corrected chi connectivity index (χ4v) is 2.77. The summed E-state index contributed by atoms with van der Waals surface area (Å²) in [6.07, 6.45) is 0.0788. The number of piperazine rings is 1. The van der Waals surface area contributed by atoms with Crippen molar-refractivity contribution in [3.63, 3.8) is 0 Å². The highest BCUT2D eigenvalue weighted by Crippen LogP contribution is 2.31. The third-order valence-corrected chi connectivity index (χ3v) is 3.71. The van der Waals surface area contributed by atoms with Crippen molar-refractivity contribution < 1.29 is 8.78 Å². The van der Waals surface area contributed by atoms with E-state index in [0.717, 1.165) is 13.1 Å². The van der Waals surface area contributed by atoms with Crippen LogP contribution in [0.1, 0.15) is 18.0 Å². The molecular weight excluding hydrogens is 387 g/mol. The van der Waals surface area contributed by atoms with Crippen molar-refractivity contribution in [2.45, 2.75) is 12.5 Å². The fourth-order valence-electron chi connectivity index (χ4n) is 2.37. The Morgan fingerprint density at radius 3 is 2.24 bits per heavy atom. The molecule has 2 rings (SSSR count). The lowest BCUT2D eigenvalue weighted by molar-refractivity contribution is 0.169. The van der Waals surface area contributed by atoms with E-state index in [1.165, 1.54) is 12.1 Å². The molecule has 118 valence electrons. The van der Waals surface area contributed by atoms with Gasteiger partial charge in [-0.2, -0.15) is 5.26 Å². The molecule has 1 atom stereocenters. The van der Waals surface area contributed by atoms with Crippen molar-refractivity contribution in [3.8, 4) is 6.07 Å². The summed E-state index contributed by atoms with van der Waals surface area (Å²) in [5.41, 5.74) is -0.00773. The third kappa shape index (κ3) is 5.04. The Morgan fingerprint density at radius 1 is 1.24 bits per heavy atom. The van der Waals surface area contributed by atoms with Gasteiger partial charge < -0.3 is 5.32 Å². The standard InChI is InChI=1S/C13H14BrF2N3.2ClH/c14-9-7-10(15)13(11(16)8-9)12(1-2-17)19-5-3-18-4-6-19;;/h7-8,12,18H,1,3-6H2;2*1H/t12-;;/m0../s1. The maximum atomic E-state index is 14.0. The van der Waals surface area contributed by atoms with E-state index in [2.05, 4.69) is 21.2 Å². The van der Waals surface area contributed by atoms with Gasteiger partial charge in [-0.1, -0.05) is 15.9 Å². The minimum absolute atomic E-state index is 0. The van der Waals surface area contributed by atoms with Gasteiger partial charge in [0, 0.05) is 36.2 Å². The molecule has 0 bridgehead atoms. The molecule has 1 aromatic carbocycles. The molecule has 1 aromatic rings. The van der Waals surface area contributed by atoms with Gasteiger partial charge in [0.1, 0.15) is 11.6 Å². The van der Waals surface area contributed by atoms with Crippen LogP contribution in [-0.4, -0.2) is 31.1 Å². The van der Waals surface area contributed by atoms with Gasteiger partial charge in [0.25, 0.3) is 0 Å². The topological polar surface area (TPSA) is 39.1 Å². The second kappa shape index (κ2) is 9.54. The number of nitrogens with zero attached hydrogens (tertiary/aromatic N) is 2.